The van der Waals surface area contributed by atoms with Crippen molar-refractivity contribution in [1.82, 2.24) is 4.90 Å². The van der Waals surface area contributed by atoms with Gasteiger partial charge in [0.15, 0.2) is 0 Å². The molecule has 7 heteroatoms. The molecule has 0 aromatic heterocycles. The van der Waals surface area contributed by atoms with Crippen LogP contribution in [0.25, 0.3) is 0 Å². The summed E-state index contributed by atoms with van der Waals surface area (Å²) in [5, 5.41) is 0. The van der Waals surface area contributed by atoms with Crippen LogP contribution in [0.4, 0.5) is 0 Å². The SMILES string of the molecule is CCO[Si](CCCN1C(=O)CCC1=O)(OCC)OCC. The third-order valence-corrected chi connectivity index (χ3v) is 6.26. The van der Waals surface area contributed by atoms with Crippen molar-refractivity contribution in [2.24, 2.45) is 0 Å². The molecule has 1 rings (SSSR count). The molecular formula is C13H25NO5Si. The minimum atomic E-state index is -2.66. The van der Waals surface area contributed by atoms with Gasteiger partial charge in [-0.15, -0.1) is 0 Å². The Morgan fingerprint density at radius 3 is 1.80 bits per heavy atom. The number of carbonyl (C=O) groups excluding carboxylic acids is 2. The Bertz CT molecular complexity index is 304. The van der Waals surface area contributed by atoms with Crippen molar-refractivity contribution in [2.75, 3.05) is 26.4 Å². The first-order chi connectivity index (χ1) is 9.58. The van der Waals surface area contributed by atoms with Crippen LogP contribution in [0.2, 0.25) is 6.04 Å². The van der Waals surface area contributed by atoms with Gasteiger partial charge in [-0.3, -0.25) is 14.5 Å². The third kappa shape index (κ3) is 4.66. The second-order valence-corrected chi connectivity index (χ2v) is 7.26. The van der Waals surface area contributed by atoms with Crippen molar-refractivity contribution >= 4 is 20.6 Å². The first-order valence-corrected chi connectivity index (χ1v) is 9.26. The fourth-order valence-corrected chi connectivity index (χ4v) is 4.92. The molecule has 6 nitrogen and oxygen atoms in total. The normalized spacial score (nSPS) is 16.2. The topological polar surface area (TPSA) is 65.1 Å². The molecule has 0 aliphatic carbocycles. The van der Waals surface area contributed by atoms with Gasteiger partial charge in [-0.2, -0.15) is 0 Å². The molecule has 0 radical (unpaired) electrons. The van der Waals surface area contributed by atoms with E-state index in [0.717, 1.165) is 0 Å². The summed E-state index contributed by atoms with van der Waals surface area (Å²) in [4.78, 5) is 24.4. The number of hydrogen-bond acceptors (Lipinski definition) is 5. The molecule has 0 N–H and O–H groups in total. The second kappa shape index (κ2) is 8.51. The molecular weight excluding hydrogens is 278 g/mol. The molecule has 0 spiro atoms. The lowest BCUT2D eigenvalue weighted by Gasteiger charge is -2.28. The number of hydrogen-bond donors (Lipinski definition) is 0. The molecule has 0 aromatic rings. The van der Waals surface area contributed by atoms with E-state index in [4.69, 9.17) is 13.3 Å². The van der Waals surface area contributed by atoms with E-state index in [1.165, 1.54) is 4.90 Å². The van der Waals surface area contributed by atoms with Crippen molar-refractivity contribution < 1.29 is 22.9 Å². The molecule has 2 amide bonds. The van der Waals surface area contributed by atoms with Gasteiger partial charge in [0.25, 0.3) is 0 Å². The molecule has 0 aromatic carbocycles. The van der Waals surface area contributed by atoms with E-state index in [-0.39, 0.29) is 11.8 Å². The van der Waals surface area contributed by atoms with E-state index in [1.54, 1.807) is 0 Å². The van der Waals surface area contributed by atoms with E-state index in [2.05, 4.69) is 0 Å². The number of rotatable bonds is 10. The zero-order valence-electron chi connectivity index (χ0n) is 12.6. The van der Waals surface area contributed by atoms with Crippen LogP contribution in [0.5, 0.6) is 0 Å². The maximum absolute atomic E-state index is 11.5. The Hall–Kier alpha value is -0.763. The summed E-state index contributed by atoms with van der Waals surface area (Å²) in [6, 6.07) is 0.625. The highest BCUT2D eigenvalue weighted by Crippen LogP contribution is 2.20. The Morgan fingerprint density at radius 1 is 0.950 bits per heavy atom. The summed E-state index contributed by atoms with van der Waals surface area (Å²) < 4.78 is 17.2. The highest BCUT2D eigenvalue weighted by atomic mass is 28.4. The van der Waals surface area contributed by atoms with Crippen molar-refractivity contribution in [3.63, 3.8) is 0 Å². The average molecular weight is 303 g/mol. The van der Waals surface area contributed by atoms with E-state index in [0.29, 0.717) is 51.7 Å². The lowest BCUT2D eigenvalue weighted by atomic mass is 10.4. The predicted molar refractivity (Wildman–Crippen MR) is 76.0 cm³/mol. The lowest BCUT2D eigenvalue weighted by Crippen LogP contribution is -2.46. The van der Waals surface area contributed by atoms with Crippen LogP contribution in [0.1, 0.15) is 40.0 Å². The van der Waals surface area contributed by atoms with Crippen molar-refractivity contribution in [3.8, 4) is 0 Å². The average Bonchev–Trinajstić information content (AvgIpc) is 2.71. The number of amides is 2. The van der Waals surface area contributed by atoms with E-state index in [9.17, 15) is 9.59 Å². The quantitative estimate of drug-likeness (QED) is 0.453. The van der Waals surface area contributed by atoms with Gasteiger partial charge in [-0.05, 0) is 27.2 Å². The van der Waals surface area contributed by atoms with Crippen molar-refractivity contribution in [3.05, 3.63) is 0 Å². The van der Waals surface area contributed by atoms with Crippen LogP contribution in [-0.2, 0) is 22.9 Å². The minimum Gasteiger partial charge on any atom is -0.374 e. The summed E-state index contributed by atoms with van der Waals surface area (Å²) >= 11 is 0. The maximum Gasteiger partial charge on any atom is 0.500 e. The van der Waals surface area contributed by atoms with Crippen molar-refractivity contribution in [1.29, 1.82) is 0 Å². The van der Waals surface area contributed by atoms with E-state index >= 15 is 0 Å². The summed E-state index contributed by atoms with van der Waals surface area (Å²) in [6.07, 6.45) is 1.33. The third-order valence-electron chi connectivity index (χ3n) is 3.11. The Morgan fingerprint density at radius 2 is 1.40 bits per heavy atom. The van der Waals surface area contributed by atoms with Crippen LogP contribution >= 0.6 is 0 Å². The number of likely N-dealkylation sites (tertiary alicyclic amines) is 1. The fraction of sp³-hybridized carbons (Fsp3) is 0.846. The Kier molecular flexibility index (Phi) is 7.35. The van der Waals surface area contributed by atoms with Crippen LogP contribution < -0.4 is 0 Å². The predicted octanol–water partition coefficient (Wildman–Crippen LogP) is 1.57. The number of nitrogens with zero attached hydrogens (tertiary/aromatic N) is 1. The first kappa shape index (κ1) is 17.3. The van der Waals surface area contributed by atoms with Gasteiger partial charge in [0.1, 0.15) is 0 Å². The molecule has 0 bridgehead atoms. The van der Waals surface area contributed by atoms with Crippen molar-refractivity contribution in [2.45, 2.75) is 46.1 Å². The van der Waals surface area contributed by atoms with Crippen LogP contribution in [0.15, 0.2) is 0 Å². The van der Waals surface area contributed by atoms with Gasteiger partial charge in [-0.25, -0.2) is 0 Å². The summed E-state index contributed by atoms with van der Waals surface area (Å²) in [7, 11) is -2.66. The standard InChI is InChI=1S/C13H25NO5Si/c1-4-17-20(18-5-2,19-6-3)11-7-10-14-12(15)8-9-13(14)16/h4-11H2,1-3H3. The molecule has 1 saturated heterocycles. The fourth-order valence-electron chi connectivity index (χ4n) is 2.33. The molecule has 0 saturated carbocycles. The molecule has 1 heterocycles. The van der Waals surface area contributed by atoms with Gasteiger partial charge in [0.05, 0.1) is 0 Å². The van der Waals surface area contributed by atoms with Crippen LogP contribution in [0, 0.1) is 0 Å². The molecule has 1 aliphatic rings. The lowest BCUT2D eigenvalue weighted by molar-refractivity contribution is -0.138. The summed E-state index contributed by atoms with van der Waals surface area (Å²) in [6.45, 7) is 7.77. The Balaban J connectivity index is 2.52. The molecule has 0 unspecified atom stereocenters. The number of imide groups is 1. The monoisotopic (exact) mass is 303 g/mol. The first-order valence-electron chi connectivity index (χ1n) is 7.33. The Labute approximate surface area is 121 Å². The minimum absolute atomic E-state index is 0.0773. The maximum atomic E-state index is 11.5. The molecule has 1 aliphatic heterocycles. The highest BCUT2D eigenvalue weighted by Gasteiger charge is 2.40. The zero-order chi connectivity index (χ0) is 15.0. The van der Waals surface area contributed by atoms with Gasteiger partial charge < -0.3 is 13.3 Å². The molecule has 20 heavy (non-hydrogen) atoms. The molecule has 116 valence electrons. The second-order valence-electron chi connectivity index (χ2n) is 4.52. The highest BCUT2D eigenvalue weighted by molar-refractivity contribution is 6.60. The van der Waals surface area contributed by atoms with E-state index < -0.39 is 8.80 Å². The van der Waals surface area contributed by atoms with Gasteiger partial charge >= 0.3 is 8.80 Å². The van der Waals surface area contributed by atoms with Gasteiger partial charge in [0, 0.05) is 45.3 Å². The van der Waals surface area contributed by atoms with Gasteiger partial charge in [-0.1, -0.05) is 0 Å². The molecule has 1 fully saturated rings. The van der Waals surface area contributed by atoms with Gasteiger partial charge in [0.2, 0.25) is 11.8 Å². The van der Waals surface area contributed by atoms with Crippen LogP contribution in [0.3, 0.4) is 0 Å². The summed E-state index contributed by atoms with van der Waals surface area (Å²) in [5.41, 5.74) is 0. The smallest absolute Gasteiger partial charge is 0.374 e. The summed E-state index contributed by atoms with van der Waals surface area (Å²) in [5.74, 6) is -0.155. The zero-order valence-corrected chi connectivity index (χ0v) is 13.6. The largest absolute Gasteiger partial charge is 0.500 e. The van der Waals surface area contributed by atoms with Crippen LogP contribution in [-0.4, -0.2) is 51.9 Å². The number of carbonyl (C=O) groups is 2. The van der Waals surface area contributed by atoms with E-state index in [1.807, 2.05) is 20.8 Å². The molecule has 0 atom stereocenters.